The minimum Gasteiger partial charge on any atom is -0.316 e. The fraction of sp³-hybridized carbons (Fsp3) is 1.00. The van der Waals surface area contributed by atoms with Crippen molar-refractivity contribution >= 4 is 0 Å². The first-order valence-corrected chi connectivity index (χ1v) is 7.40. The molecule has 0 spiro atoms. The van der Waals surface area contributed by atoms with Gasteiger partial charge in [-0.05, 0) is 51.4 Å². The van der Waals surface area contributed by atoms with Gasteiger partial charge in [0, 0.05) is 6.04 Å². The Morgan fingerprint density at radius 3 is 2.35 bits per heavy atom. The Bertz CT molecular complexity index is 190. The van der Waals surface area contributed by atoms with Gasteiger partial charge < -0.3 is 10.2 Å². The summed E-state index contributed by atoms with van der Waals surface area (Å²) in [6.45, 7) is 10.4. The van der Waals surface area contributed by atoms with E-state index in [9.17, 15) is 0 Å². The zero-order valence-electron chi connectivity index (χ0n) is 12.4. The van der Waals surface area contributed by atoms with Gasteiger partial charge in [0.2, 0.25) is 0 Å². The van der Waals surface area contributed by atoms with Crippen LogP contribution in [0.15, 0.2) is 0 Å². The molecule has 0 radical (unpaired) electrons. The Balaban J connectivity index is 2.01. The highest BCUT2D eigenvalue weighted by Crippen LogP contribution is 2.21. The predicted octanol–water partition coefficient (Wildman–Crippen LogP) is 3.28. The molecule has 0 bridgehead atoms. The van der Waals surface area contributed by atoms with Gasteiger partial charge in [0.05, 0.1) is 0 Å². The molecule has 1 N–H and O–H groups in total. The molecule has 1 fully saturated rings. The van der Waals surface area contributed by atoms with Crippen LogP contribution in [0.1, 0.15) is 59.3 Å². The SMILES string of the molecule is CN(CCCNCC(C)(C)C)C1CCCCC1. The van der Waals surface area contributed by atoms with Crippen molar-refractivity contribution < 1.29 is 0 Å². The smallest absolute Gasteiger partial charge is 0.00922 e. The maximum absolute atomic E-state index is 3.56. The van der Waals surface area contributed by atoms with Crippen LogP contribution in [0.25, 0.3) is 0 Å². The molecule has 0 saturated heterocycles. The van der Waals surface area contributed by atoms with Crippen LogP contribution in [-0.2, 0) is 0 Å². The summed E-state index contributed by atoms with van der Waals surface area (Å²) in [5.41, 5.74) is 0.412. The quantitative estimate of drug-likeness (QED) is 0.717. The van der Waals surface area contributed by atoms with Gasteiger partial charge >= 0.3 is 0 Å². The van der Waals surface area contributed by atoms with Crippen LogP contribution in [0.3, 0.4) is 0 Å². The Hall–Kier alpha value is -0.0800. The van der Waals surface area contributed by atoms with Crippen LogP contribution >= 0.6 is 0 Å². The second kappa shape index (κ2) is 7.38. The molecule has 0 atom stereocenters. The van der Waals surface area contributed by atoms with Gasteiger partial charge in [0.1, 0.15) is 0 Å². The highest BCUT2D eigenvalue weighted by molar-refractivity contribution is 4.73. The van der Waals surface area contributed by atoms with Crippen molar-refractivity contribution in [2.45, 2.75) is 65.3 Å². The number of nitrogens with one attached hydrogen (secondary N) is 1. The predicted molar refractivity (Wildman–Crippen MR) is 76.4 cm³/mol. The molecule has 102 valence electrons. The fourth-order valence-electron chi connectivity index (χ4n) is 2.62. The van der Waals surface area contributed by atoms with Crippen molar-refractivity contribution in [3.05, 3.63) is 0 Å². The Morgan fingerprint density at radius 2 is 1.76 bits per heavy atom. The van der Waals surface area contributed by atoms with Gasteiger partial charge in [-0.25, -0.2) is 0 Å². The lowest BCUT2D eigenvalue weighted by Gasteiger charge is -2.31. The highest BCUT2D eigenvalue weighted by Gasteiger charge is 2.17. The summed E-state index contributed by atoms with van der Waals surface area (Å²) in [6, 6.07) is 0.867. The summed E-state index contributed by atoms with van der Waals surface area (Å²) in [4.78, 5) is 2.58. The first kappa shape index (κ1) is 15.0. The van der Waals surface area contributed by atoms with E-state index in [2.05, 4.69) is 38.0 Å². The summed E-state index contributed by atoms with van der Waals surface area (Å²) in [7, 11) is 2.31. The van der Waals surface area contributed by atoms with Crippen molar-refractivity contribution in [1.82, 2.24) is 10.2 Å². The molecule has 0 heterocycles. The number of hydrogen-bond acceptors (Lipinski definition) is 2. The van der Waals surface area contributed by atoms with E-state index in [4.69, 9.17) is 0 Å². The molecule has 0 aromatic rings. The zero-order chi connectivity index (χ0) is 12.7. The van der Waals surface area contributed by atoms with E-state index in [1.165, 1.54) is 45.1 Å². The maximum atomic E-state index is 3.56. The van der Waals surface area contributed by atoms with Crippen molar-refractivity contribution in [2.75, 3.05) is 26.7 Å². The largest absolute Gasteiger partial charge is 0.316 e. The van der Waals surface area contributed by atoms with Gasteiger partial charge in [-0.1, -0.05) is 40.0 Å². The molecule has 0 aromatic carbocycles. The first-order valence-electron chi connectivity index (χ1n) is 7.40. The first-order chi connectivity index (χ1) is 7.99. The molecule has 1 saturated carbocycles. The fourth-order valence-corrected chi connectivity index (χ4v) is 2.62. The second-order valence-electron chi connectivity index (χ2n) is 6.86. The van der Waals surface area contributed by atoms with Crippen LogP contribution in [0.5, 0.6) is 0 Å². The molecule has 2 heteroatoms. The van der Waals surface area contributed by atoms with Crippen molar-refractivity contribution in [3.8, 4) is 0 Å². The van der Waals surface area contributed by atoms with Gasteiger partial charge in [-0.3, -0.25) is 0 Å². The molecule has 1 rings (SSSR count). The molecular formula is C15H32N2. The lowest BCUT2D eigenvalue weighted by Crippen LogP contribution is -2.36. The second-order valence-corrected chi connectivity index (χ2v) is 6.86. The number of hydrogen-bond donors (Lipinski definition) is 1. The third-order valence-corrected chi connectivity index (χ3v) is 3.72. The van der Waals surface area contributed by atoms with Crippen molar-refractivity contribution in [2.24, 2.45) is 5.41 Å². The minimum absolute atomic E-state index is 0.412. The van der Waals surface area contributed by atoms with Gasteiger partial charge in [0.25, 0.3) is 0 Å². The molecule has 2 nitrogen and oxygen atoms in total. The van der Waals surface area contributed by atoms with Gasteiger partial charge in [-0.2, -0.15) is 0 Å². The van der Waals surface area contributed by atoms with Crippen LogP contribution < -0.4 is 5.32 Å². The molecular weight excluding hydrogens is 208 g/mol. The lowest BCUT2D eigenvalue weighted by molar-refractivity contribution is 0.189. The maximum Gasteiger partial charge on any atom is 0.00922 e. The number of nitrogens with zero attached hydrogens (tertiary/aromatic N) is 1. The van der Waals surface area contributed by atoms with Crippen LogP contribution in [0.4, 0.5) is 0 Å². The van der Waals surface area contributed by atoms with E-state index in [1.54, 1.807) is 0 Å². The third kappa shape index (κ3) is 7.05. The van der Waals surface area contributed by atoms with E-state index in [1.807, 2.05) is 0 Å². The van der Waals surface area contributed by atoms with E-state index in [-0.39, 0.29) is 0 Å². The van der Waals surface area contributed by atoms with Gasteiger partial charge in [-0.15, -0.1) is 0 Å². The summed E-state index contributed by atoms with van der Waals surface area (Å²) in [5.74, 6) is 0. The van der Waals surface area contributed by atoms with Crippen molar-refractivity contribution in [1.29, 1.82) is 0 Å². The average Bonchev–Trinajstić information content (AvgIpc) is 2.28. The molecule has 0 aromatic heterocycles. The summed E-state index contributed by atoms with van der Waals surface area (Å²) < 4.78 is 0. The monoisotopic (exact) mass is 240 g/mol. The molecule has 0 aliphatic heterocycles. The molecule has 0 unspecified atom stereocenters. The highest BCUT2D eigenvalue weighted by atomic mass is 15.1. The van der Waals surface area contributed by atoms with E-state index < -0.39 is 0 Å². The molecule has 1 aliphatic rings. The van der Waals surface area contributed by atoms with Crippen LogP contribution in [0, 0.1) is 5.41 Å². The molecule has 17 heavy (non-hydrogen) atoms. The minimum atomic E-state index is 0.412. The standard InChI is InChI=1S/C15H32N2/c1-15(2,3)13-16-11-8-12-17(4)14-9-6-5-7-10-14/h14,16H,5-13H2,1-4H3. The average molecular weight is 240 g/mol. The Kier molecular flexibility index (Phi) is 6.50. The summed E-state index contributed by atoms with van der Waals surface area (Å²) in [6.07, 6.45) is 8.47. The molecule has 0 amide bonds. The Morgan fingerprint density at radius 1 is 1.12 bits per heavy atom. The van der Waals surface area contributed by atoms with Crippen LogP contribution in [0.2, 0.25) is 0 Å². The lowest BCUT2D eigenvalue weighted by atomic mass is 9.94. The Labute approximate surface area is 108 Å². The zero-order valence-corrected chi connectivity index (χ0v) is 12.4. The van der Waals surface area contributed by atoms with Crippen molar-refractivity contribution in [3.63, 3.8) is 0 Å². The van der Waals surface area contributed by atoms with E-state index in [0.717, 1.165) is 19.1 Å². The van der Waals surface area contributed by atoms with E-state index >= 15 is 0 Å². The summed E-state index contributed by atoms with van der Waals surface area (Å²) in [5, 5.41) is 3.56. The van der Waals surface area contributed by atoms with E-state index in [0.29, 0.717) is 5.41 Å². The van der Waals surface area contributed by atoms with Crippen LogP contribution in [-0.4, -0.2) is 37.6 Å². The summed E-state index contributed by atoms with van der Waals surface area (Å²) >= 11 is 0. The number of rotatable bonds is 6. The topological polar surface area (TPSA) is 15.3 Å². The molecule has 1 aliphatic carbocycles. The normalized spacial score (nSPS) is 18.9. The van der Waals surface area contributed by atoms with Gasteiger partial charge in [0.15, 0.2) is 0 Å². The third-order valence-electron chi connectivity index (χ3n) is 3.72.